The summed E-state index contributed by atoms with van der Waals surface area (Å²) < 4.78 is 8.80. The molecule has 0 spiro atoms. The van der Waals surface area contributed by atoms with Crippen LogP contribution in [-0.4, -0.2) is 26.2 Å². The zero-order valence-corrected chi connectivity index (χ0v) is 22.9. The molecule has 31 heavy (non-hydrogen) atoms. The Bertz CT molecular complexity index is 1180. The minimum absolute atomic E-state index is 0.400. The Balaban J connectivity index is 1.61. The number of allylic oxidation sites excluding steroid dienone is 4. The first kappa shape index (κ1) is 19.5. The molecule has 2 aliphatic carbocycles. The van der Waals surface area contributed by atoms with Crippen LogP contribution in [0.5, 0.6) is 0 Å². The number of para-hydroxylation sites is 2. The number of likely N-dealkylation sites (N-methyl/N-ethyl adjacent to an activating group) is 2. The van der Waals surface area contributed by atoms with E-state index in [9.17, 15) is 0 Å². The van der Waals surface area contributed by atoms with Gasteiger partial charge in [-0.05, 0) is 0 Å². The summed E-state index contributed by atoms with van der Waals surface area (Å²) in [6.07, 6.45) is 5.05. The normalized spacial score (nSPS) is 23.8. The predicted molar refractivity (Wildman–Crippen MR) is 130 cm³/mol. The summed E-state index contributed by atoms with van der Waals surface area (Å²) in [6, 6.07) is 18.8. The second-order valence-electron chi connectivity index (χ2n) is 10.0. The van der Waals surface area contributed by atoms with Crippen LogP contribution in [0, 0.1) is 0 Å². The molecule has 2 atom stereocenters. The van der Waals surface area contributed by atoms with Crippen molar-refractivity contribution >= 4 is 22.5 Å². The molecule has 2 unspecified atom stereocenters. The van der Waals surface area contributed by atoms with E-state index in [0.29, 0.717) is 12.1 Å². The number of benzene rings is 2. The molecule has 2 aromatic rings. The van der Waals surface area contributed by atoms with Gasteiger partial charge in [-0.3, -0.25) is 0 Å². The molecule has 2 nitrogen and oxygen atoms in total. The third-order valence-corrected chi connectivity index (χ3v) is 21.7. The molecule has 2 aliphatic heterocycles. The van der Waals surface area contributed by atoms with Gasteiger partial charge in [0.1, 0.15) is 0 Å². The zero-order chi connectivity index (χ0) is 21.7. The third-order valence-electron chi connectivity index (χ3n) is 7.97. The molecule has 2 aromatic carbocycles. The second-order valence-corrected chi connectivity index (χ2v) is 25.3. The van der Waals surface area contributed by atoms with Crippen molar-refractivity contribution in [1.82, 2.24) is 0 Å². The van der Waals surface area contributed by atoms with E-state index in [1.807, 2.05) is 0 Å². The monoisotopic (exact) mass is 574 g/mol. The molecule has 3 heteroatoms. The Hall–Kier alpha value is -2.13. The summed E-state index contributed by atoms with van der Waals surface area (Å²) in [5.41, 5.74) is 11.9. The van der Waals surface area contributed by atoms with Crippen LogP contribution < -0.4 is 9.80 Å². The van der Waals surface area contributed by atoms with Gasteiger partial charge in [0, 0.05) is 0 Å². The molecule has 0 saturated carbocycles. The quantitative estimate of drug-likeness (QED) is 0.373. The molecule has 156 valence electrons. The average molecular weight is 573 g/mol. The fourth-order valence-corrected chi connectivity index (χ4v) is 22.3. The van der Waals surface area contributed by atoms with Crippen LogP contribution in [0.3, 0.4) is 0 Å². The average Bonchev–Trinajstić information content (AvgIpc) is 3.43. The van der Waals surface area contributed by atoms with E-state index < -0.39 is 20.0 Å². The fourth-order valence-electron chi connectivity index (χ4n) is 6.83. The topological polar surface area (TPSA) is 6.48 Å². The minimum atomic E-state index is -3.09. The standard InChI is InChI=1S/2C13H12N.2CH3.Hf/c2*1-9-7-11-10-5-3-4-6-12(10)14(2)13(11)8-9;;;/h2*3-6,8,13H,1-2H3;2*1H3;. The third kappa shape index (κ3) is 2.42. The van der Waals surface area contributed by atoms with Crippen LogP contribution in [0.25, 0.3) is 11.1 Å². The second kappa shape index (κ2) is 6.45. The van der Waals surface area contributed by atoms with E-state index in [4.69, 9.17) is 0 Å². The van der Waals surface area contributed by atoms with Crippen LogP contribution in [-0.2, 0) is 20.0 Å². The molecule has 0 amide bonds. The van der Waals surface area contributed by atoms with Crippen LogP contribution in [0.15, 0.2) is 78.5 Å². The number of nitrogens with zero attached hydrogens (tertiary/aromatic N) is 2. The van der Waals surface area contributed by atoms with E-state index in [0.717, 1.165) is 0 Å². The van der Waals surface area contributed by atoms with Gasteiger partial charge in [-0.2, -0.15) is 0 Å². The molecule has 0 bridgehead atoms. The first-order valence-corrected chi connectivity index (χ1v) is 22.1. The summed E-state index contributed by atoms with van der Waals surface area (Å²) in [4.78, 5) is 4.95. The number of hydrogen-bond donors (Lipinski definition) is 0. The summed E-state index contributed by atoms with van der Waals surface area (Å²) in [5, 5.41) is 0. The van der Waals surface area contributed by atoms with Gasteiger partial charge in [-0.15, -0.1) is 0 Å². The van der Waals surface area contributed by atoms with Crippen LogP contribution in [0.1, 0.15) is 25.0 Å². The SMILES string of the molecule is CC1=CC2C(=[C]1[Hf]([CH3])([CH3])[C]1=C3c4ccccc4N(C)C3C=C1C)c1ccccc1N2C. The summed E-state index contributed by atoms with van der Waals surface area (Å²) in [7, 11) is 4.52. The van der Waals surface area contributed by atoms with Crippen molar-refractivity contribution in [3.63, 3.8) is 0 Å². The van der Waals surface area contributed by atoms with Crippen molar-refractivity contribution in [2.75, 3.05) is 23.9 Å². The van der Waals surface area contributed by atoms with E-state index in [1.165, 1.54) is 33.6 Å². The van der Waals surface area contributed by atoms with Crippen molar-refractivity contribution < 1.29 is 20.0 Å². The molecule has 0 radical (unpaired) electrons. The first-order chi connectivity index (χ1) is 14.8. The van der Waals surface area contributed by atoms with Gasteiger partial charge in [0.05, 0.1) is 0 Å². The van der Waals surface area contributed by atoms with E-state index >= 15 is 0 Å². The Labute approximate surface area is 190 Å². The van der Waals surface area contributed by atoms with E-state index in [2.05, 4.69) is 108 Å². The molecule has 0 fully saturated rings. The Kier molecular flexibility index (Phi) is 4.06. The molecular formula is C28H30HfN2. The van der Waals surface area contributed by atoms with Crippen LogP contribution in [0.2, 0.25) is 9.36 Å². The van der Waals surface area contributed by atoms with E-state index in [-0.39, 0.29) is 0 Å². The van der Waals surface area contributed by atoms with Crippen molar-refractivity contribution in [2.45, 2.75) is 35.3 Å². The number of rotatable bonds is 2. The van der Waals surface area contributed by atoms with Crippen LogP contribution >= 0.6 is 0 Å². The number of anilines is 2. The van der Waals surface area contributed by atoms with Gasteiger partial charge in [-0.1, -0.05) is 0 Å². The van der Waals surface area contributed by atoms with Crippen molar-refractivity contribution in [3.05, 3.63) is 89.6 Å². The molecule has 4 aliphatic rings. The maximum absolute atomic E-state index is 3.09. The maximum atomic E-state index is 2.67. The molecule has 0 aromatic heterocycles. The van der Waals surface area contributed by atoms with Gasteiger partial charge in [0.25, 0.3) is 0 Å². The summed E-state index contributed by atoms with van der Waals surface area (Å²) in [5.74, 6) is 0. The molecule has 6 rings (SSSR count). The van der Waals surface area contributed by atoms with Crippen molar-refractivity contribution in [3.8, 4) is 0 Å². The van der Waals surface area contributed by atoms with Gasteiger partial charge in [0.15, 0.2) is 0 Å². The predicted octanol–water partition coefficient (Wildman–Crippen LogP) is 6.62. The molecule has 0 N–H and O–H groups in total. The Morgan fingerprint density at radius 1 is 0.645 bits per heavy atom. The number of fused-ring (bicyclic) bond motifs is 6. The summed E-state index contributed by atoms with van der Waals surface area (Å²) in [6.45, 7) is 4.73. The van der Waals surface area contributed by atoms with Gasteiger partial charge >= 0.3 is 191 Å². The molecule has 2 heterocycles. The molecule has 0 saturated heterocycles. The summed E-state index contributed by atoms with van der Waals surface area (Å²) >= 11 is -3.09. The first-order valence-electron chi connectivity index (χ1n) is 11.3. The van der Waals surface area contributed by atoms with Crippen molar-refractivity contribution in [2.24, 2.45) is 0 Å². The van der Waals surface area contributed by atoms with E-state index in [1.54, 1.807) is 17.8 Å². The zero-order valence-electron chi connectivity index (χ0n) is 19.3. The Morgan fingerprint density at radius 3 is 1.45 bits per heavy atom. The molecular weight excluding hydrogens is 543 g/mol. The number of hydrogen-bond acceptors (Lipinski definition) is 2. The Morgan fingerprint density at radius 2 is 1.03 bits per heavy atom. The fraction of sp³-hybridized carbons (Fsp3) is 0.286. The van der Waals surface area contributed by atoms with Gasteiger partial charge in [0.2, 0.25) is 0 Å². The van der Waals surface area contributed by atoms with Gasteiger partial charge < -0.3 is 0 Å². The van der Waals surface area contributed by atoms with Crippen LogP contribution in [0.4, 0.5) is 11.4 Å². The van der Waals surface area contributed by atoms with Crippen molar-refractivity contribution in [1.29, 1.82) is 0 Å². The van der Waals surface area contributed by atoms with Gasteiger partial charge in [-0.25, -0.2) is 0 Å².